The first kappa shape index (κ1) is 15.9. The van der Waals surface area contributed by atoms with Crippen molar-refractivity contribution in [2.45, 2.75) is 13.3 Å². The number of halogens is 2. The Labute approximate surface area is 143 Å². The first-order chi connectivity index (χ1) is 12.1. The summed E-state index contributed by atoms with van der Waals surface area (Å²) in [5.41, 5.74) is 1.12. The van der Waals surface area contributed by atoms with Crippen molar-refractivity contribution in [3.8, 4) is 5.82 Å². The molecule has 6 nitrogen and oxygen atoms in total. The highest BCUT2D eigenvalue weighted by molar-refractivity contribution is 5.78. The second-order valence-corrected chi connectivity index (χ2v) is 5.83. The minimum Gasteiger partial charge on any atom is -0.378 e. The zero-order valence-electron chi connectivity index (χ0n) is 13.7. The third kappa shape index (κ3) is 2.93. The lowest BCUT2D eigenvalue weighted by molar-refractivity contribution is 0.122. The molecule has 4 rings (SSSR count). The van der Waals surface area contributed by atoms with Gasteiger partial charge in [-0.15, -0.1) is 0 Å². The van der Waals surface area contributed by atoms with E-state index < -0.39 is 6.43 Å². The van der Waals surface area contributed by atoms with Gasteiger partial charge < -0.3 is 9.64 Å². The lowest BCUT2D eigenvalue weighted by Crippen LogP contribution is -2.37. The molecule has 1 aromatic carbocycles. The van der Waals surface area contributed by atoms with Crippen molar-refractivity contribution in [1.82, 2.24) is 19.5 Å². The molecule has 1 saturated heterocycles. The van der Waals surface area contributed by atoms with Crippen LogP contribution in [-0.4, -0.2) is 45.8 Å². The summed E-state index contributed by atoms with van der Waals surface area (Å²) in [6.45, 7) is 4.42. The van der Waals surface area contributed by atoms with E-state index in [1.165, 1.54) is 4.57 Å². The number of aryl methyl sites for hydroxylation is 1. The van der Waals surface area contributed by atoms with Crippen molar-refractivity contribution in [3.05, 3.63) is 42.0 Å². The zero-order chi connectivity index (χ0) is 17.4. The molecular formula is C17H17F2N5O. The molecule has 3 heterocycles. The molecule has 0 atom stereocenters. The first-order valence-electron chi connectivity index (χ1n) is 8.08. The van der Waals surface area contributed by atoms with Crippen molar-refractivity contribution in [1.29, 1.82) is 0 Å². The molecule has 0 aliphatic carbocycles. The fourth-order valence-corrected chi connectivity index (χ4v) is 3.04. The topological polar surface area (TPSA) is 56.1 Å². The number of hydrogen-bond acceptors (Lipinski definition) is 5. The Morgan fingerprint density at radius 3 is 2.52 bits per heavy atom. The van der Waals surface area contributed by atoms with Crippen LogP contribution in [0.15, 0.2) is 30.3 Å². The standard InChI is InChI=1S/C17H17F2N5O/c1-11-20-14(23-6-8-25-9-7-23)10-15(21-11)24-13-5-3-2-4-12(13)22-17(24)16(18)19/h2-5,10,16H,6-9H2,1H3. The summed E-state index contributed by atoms with van der Waals surface area (Å²) < 4.78 is 33.9. The predicted octanol–water partition coefficient (Wildman–Crippen LogP) is 2.90. The highest BCUT2D eigenvalue weighted by Gasteiger charge is 2.22. The summed E-state index contributed by atoms with van der Waals surface area (Å²) in [5.74, 6) is 1.33. The van der Waals surface area contributed by atoms with E-state index in [4.69, 9.17) is 4.74 Å². The smallest absolute Gasteiger partial charge is 0.296 e. The largest absolute Gasteiger partial charge is 0.378 e. The molecule has 25 heavy (non-hydrogen) atoms. The van der Waals surface area contributed by atoms with Crippen LogP contribution in [0.3, 0.4) is 0 Å². The van der Waals surface area contributed by atoms with Crippen LogP contribution in [0.5, 0.6) is 0 Å². The maximum atomic E-state index is 13.6. The second kappa shape index (κ2) is 6.36. The quantitative estimate of drug-likeness (QED) is 0.731. The van der Waals surface area contributed by atoms with Crippen LogP contribution in [0.25, 0.3) is 16.9 Å². The van der Waals surface area contributed by atoms with Crippen molar-refractivity contribution >= 4 is 16.9 Å². The van der Waals surface area contributed by atoms with E-state index in [2.05, 4.69) is 19.9 Å². The molecule has 2 aromatic heterocycles. The Morgan fingerprint density at radius 1 is 1.04 bits per heavy atom. The van der Waals surface area contributed by atoms with Crippen LogP contribution in [0.4, 0.5) is 14.6 Å². The fourth-order valence-electron chi connectivity index (χ4n) is 3.04. The van der Waals surface area contributed by atoms with Crippen LogP contribution in [-0.2, 0) is 4.74 Å². The van der Waals surface area contributed by atoms with Gasteiger partial charge in [0.1, 0.15) is 17.5 Å². The predicted molar refractivity (Wildman–Crippen MR) is 89.4 cm³/mol. The molecule has 0 amide bonds. The van der Waals surface area contributed by atoms with Gasteiger partial charge in [-0.1, -0.05) is 12.1 Å². The molecule has 3 aromatic rings. The zero-order valence-corrected chi connectivity index (χ0v) is 13.7. The van der Waals surface area contributed by atoms with Gasteiger partial charge in [-0.25, -0.2) is 23.7 Å². The Bertz CT molecular complexity index is 905. The van der Waals surface area contributed by atoms with Gasteiger partial charge in [0.15, 0.2) is 5.82 Å². The van der Waals surface area contributed by atoms with E-state index in [-0.39, 0.29) is 5.82 Å². The molecule has 0 spiro atoms. The third-order valence-corrected chi connectivity index (χ3v) is 4.16. The summed E-state index contributed by atoms with van der Waals surface area (Å²) in [7, 11) is 0. The number of rotatable bonds is 3. The molecule has 0 bridgehead atoms. The summed E-state index contributed by atoms with van der Waals surface area (Å²) >= 11 is 0. The average Bonchev–Trinajstić information content (AvgIpc) is 3.02. The number of alkyl halides is 2. The van der Waals surface area contributed by atoms with Crippen LogP contribution < -0.4 is 4.90 Å². The van der Waals surface area contributed by atoms with Gasteiger partial charge in [-0.05, 0) is 19.1 Å². The van der Waals surface area contributed by atoms with Crippen molar-refractivity contribution in [2.75, 3.05) is 31.2 Å². The van der Waals surface area contributed by atoms with Crippen molar-refractivity contribution in [3.63, 3.8) is 0 Å². The number of aromatic nitrogens is 4. The number of anilines is 1. The lowest BCUT2D eigenvalue weighted by atomic mass is 10.3. The molecule has 1 aliphatic rings. The van der Waals surface area contributed by atoms with Gasteiger partial charge in [-0.2, -0.15) is 0 Å². The Balaban J connectivity index is 1.88. The Morgan fingerprint density at radius 2 is 1.76 bits per heavy atom. The van der Waals surface area contributed by atoms with Gasteiger partial charge in [0.2, 0.25) is 0 Å². The lowest BCUT2D eigenvalue weighted by Gasteiger charge is -2.28. The minimum atomic E-state index is -2.70. The maximum Gasteiger partial charge on any atom is 0.296 e. The maximum absolute atomic E-state index is 13.6. The number of para-hydroxylation sites is 2. The normalized spacial score (nSPS) is 15.3. The van der Waals surface area contributed by atoms with Crippen LogP contribution in [0.2, 0.25) is 0 Å². The van der Waals surface area contributed by atoms with Crippen LogP contribution in [0, 0.1) is 6.92 Å². The average molecular weight is 345 g/mol. The van der Waals surface area contributed by atoms with Crippen molar-refractivity contribution in [2.24, 2.45) is 0 Å². The second-order valence-electron chi connectivity index (χ2n) is 5.83. The fraction of sp³-hybridized carbons (Fsp3) is 0.353. The molecule has 0 radical (unpaired) electrons. The molecule has 130 valence electrons. The number of morpholine rings is 1. The van der Waals surface area contributed by atoms with E-state index in [1.54, 1.807) is 37.3 Å². The molecular weight excluding hydrogens is 328 g/mol. The molecule has 0 saturated carbocycles. The monoisotopic (exact) mass is 345 g/mol. The van der Waals surface area contributed by atoms with Crippen LogP contribution >= 0.6 is 0 Å². The highest BCUT2D eigenvalue weighted by Crippen LogP contribution is 2.28. The van der Waals surface area contributed by atoms with Crippen molar-refractivity contribution < 1.29 is 13.5 Å². The Hall–Kier alpha value is -2.61. The minimum absolute atomic E-state index is 0.313. The molecule has 1 fully saturated rings. The van der Waals surface area contributed by atoms with E-state index in [0.717, 1.165) is 0 Å². The van der Waals surface area contributed by atoms with Gasteiger partial charge in [0.05, 0.1) is 24.2 Å². The summed E-state index contributed by atoms with van der Waals surface area (Å²) in [4.78, 5) is 15.0. The van der Waals surface area contributed by atoms with E-state index in [0.29, 0.717) is 54.8 Å². The third-order valence-electron chi connectivity index (χ3n) is 4.16. The van der Waals surface area contributed by atoms with Gasteiger partial charge in [-0.3, -0.25) is 4.57 Å². The number of ether oxygens (including phenoxy) is 1. The van der Waals surface area contributed by atoms with Gasteiger partial charge >= 0.3 is 0 Å². The Kier molecular flexibility index (Phi) is 4.04. The molecule has 1 aliphatic heterocycles. The molecule has 0 N–H and O–H groups in total. The highest BCUT2D eigenvalue weighted by atomic mass is 19.3. The van der Waals surface area contributed by atoms with E-state index >= 15 is 0 Å². The van der Waals surface area contributed by atoms with Crippen LogP contribution in [0.1, 0.15) is 18.1 Å². The number of imidazole rings is 1. The molecule has 0 unspecified atom stereocenters. The van der Waals surface area contributed by atoms with Gasteiger partial charge in [0.25, 0.3) is 6.43 Å². The number of benzene rings is 1. The summed E-state index contributed by atoms with van der Waals surface area (Å²) in [5, 5.41) is 0. The first-order valence-corrected chi connectivity index (χ1v) is 8.08. The van der Waals surface area contributed by atoms with E-state index in [9.17, 15) is 8.78 Å². The SMILES string of the molecule is Cc1nc(N2CCOCC2)cc(-n2c(C(F)F)nc3ccccc32)n1. The van der Waals surface area contributed by atoms with Gasteiger partial charge in [0, 0.05) is 19.2 Å². The summed E-state index contributed by atoms with van der Waals surface area (Å²) in [6.07, 6.45) is -2.70. The van der Waals surface area contributed by atoms with E-state index in [1.807, 2.05) is 0 Å². The number of nitrogens with zero attached hydrogens (tertiary/aromatic N) is 5. The number of hydrogen-bond donors (Lipinski definition) is 0. The number of fused-ring (bicyclic) bond motifs is 1. The summed E-state index contributed by atoms with van der Waals surface area (Å²) in [6, 6.07) is 8.79. The molecule has 8 heteroatoms.